The number of fused-ring (bicyclic) bond motifs is 1. The number of halogens is 3. The van der Waals surface area contributed by atoms with Crippen LogP contribution >= 0.6 is 39.1 Å². The van der Waals surface area contributed by atoms with E-state index in [1.165, 1.54) is 18.2 Å². The molecule has 9 heteroatoms. The van der Waals surface area contributed by atoms with Gasteiger partial charge in [-0.3, -0.25) is 19.2 Å². The van der Waals surface area contributed by atoms with Gasteiger partial charge in [0.25, 0.3) is 17.7 Å². The van der Waals surface area contributed by atoms with Gasteiger partial charge in [-0.2, -0.15) is 5.01 Å². The normalized spacial score (nSPS) is 19.9. The molecule has 0 unspecified atom stereocenters. The number of nitrogens with zero attached hydrogens (tertiary/aromatic N) is 2. The number of hydrogen-bond acceptors (Lipinski definition) is 4. The molecule has 0 aromatic heterocycles. The Hall–Kier alpha value is -2.48. The highest BCUT2D eigenvalue weighted by Gasteiger charge is 2.51. The molecule has 2 aromatic rings. The average molecular weight is 550 g/mol. The third kappa shape index (κ3) is 4.63. The Morgan fingerprint density at radius 1 is 1.06 bits per heavy atom. The largest absolute Gasteiger partial charge is 0.292 e. The summed E-state index contributed by atoms with van der Waals surface area (Å²) >= 11 is 15.5. The number of ketones is 1. The zero-order chi connectivity index (χ0) is 23.9. The molecule has 0 spiro atoms. The number of hydrogen-bond donors (Lipinski definition) is 0. The molecule has 1 saturated heterocycles. The van der Waals surface area contributed by atoms with Crippen molar-refractivity contribution in [1.29, 1.82) is 0 Å². The van der Waals surface area contributed by atoms with Gasteiger partial charge in [0.2, 0.25) is 0 Å². The quantitative estimate of drug-likeness (QED) is 0.287. The average Bonchev–Trinajstić information content (AvgIpc) is 3.01. The van der Waals surface area contributed by atoms with E-state index in [0.29, 0.717) is 23.4 Å². The van der Waals surface area contributed by atoms with E-state index >= 15 is 0 Å². The fourth-order valence-electron chi connectivity index (χ4n) is 4.16. The first-order valence-corrected chi connectivity index (χ1v) is 11.8. The van der Waals surface area contributed by atoms with Crippen molar-refractivity contribution in [1.82, 2.24) is 10.0 Å². The van der Waals surface area contributed by atoms with Gasteiger partial charge in [0.05, 0.1) is 22.4 Å². The van der Waals surface area contributed by atoms with E-state index in [9.17, 15) is 19.2 Å². The summed E-state index contributed by atoms with van der Waals surface area (Å²) in [6.07, 6.45) is 2.79. The zero-order valence-corrected chi connectivity index (χ0v) is 20.7. The van der Waals surface area contributed by atoms with Crippen LogP contribution in [0.2, 0.25) is 10.0 Å². The molecule has 33 heavy (non-hydrogen) atoms. The Kier molecular flexibility index (Phi) is 6.75. The van der Waals surface area contributed by atoms with Gasteiger partial charge in [-0.15, -0.1) is 0 Å². The van der Waals surface area contributed by atoms with Crippen molar-refractivity contribution in [3.63, 3.8) is 0 Å². The molecule has 1 fully saturated rings. The molecular formula is C24H19BrCl2N2O4. The van der Waals surface area contributed by atoms with E-state index in [-0.39, 0.29) is 10.6 Å². The number of imide groups is 1. The van der Waals surface area contributed by atoms with Gasteiger partial charge >= 0.3 is 0 Å². The monoisotopic (exact) mass is 548 g/mol. The molecule has 1 heterocycles. The van der Waals surface area contributed by atoms with Crippen LogP contribution in [0.15, 0.2) is 58.6 Å². The standard InChI is InChI=1S/C24H19BrCl2N2O4/c1-13-2-8-17-19(10-13)24(33)29(23(17)32)28(12-21(30)14-3-5-15(25)6-4-14)22(31)18-9-7-16(26)11-20(18)27/h2-7,9,11,17,19H,8,10,12H2,1H3/t17-,19-/m0/s1. The highest BCUT2D eigenvalue weighted by Crippen LogP contribution is 2.39. The van der Waals surface area contributed by atoms with Gasteiger partial charge in [0.15, 0.2) is 5.78 Å². The van der Waals surface area contributed by atoms with Crippen LogP contribution in [-0.2, 0) is 9.59 Å². The second kappa shape index (κ2) is 9.41. The first-order valence-electron chi connectivity index (χ1n) is 10.3. The highest BCUT2D eigenvalue weighted by molar-refractivity contribution is 9.10. The molecule has 2 atom stereocenters. The number of benzene rings is 2. The summed E-state index contributed by atoms with van der Waals surface area (Å²) in [5, 5.41) is 2.14. The van der Waals surface area contributed by atoms with E-state index in [0.717, 1.165) is 20.1 Å². The van der Waals surface area contributed by atoms with Crippen molar-refractivity contribution in [2.24, 2.45) is 11.8 Å². The van der Waals surface area contributed by atoms with E-state index in [2.05, 4.69) is 15.9 Å². The molecular weight excluding hydrogens is 531 g/mol. The fraction of sp³-hybridized carbons (Fsp3) is 0.250. The summed E-state index contributed by atoms with van der Waals surface area (Å²) in [4.78, 5) is 53.1. The first-order chi connectivity index (χ1) is 15.7. The van der Waals surface area contributed by atoms with Crippen molar-refractivity contribution in [3.05, 3.63) is 79.8 Å². The van der Waals surface area contributed by atoms with Gasteiger partial charge in [-0.05, 0) is 50.1 Å². The third-order valence-corrected chi connectivity index (χ3v) is 6.97. The van der Waals surface area contributed by atoms with Crippen LogP contribution in [0.3, 0.4) is 0 Å². The number of carbonyl (C=O) groups is 4. The lowest BCUT2D eigenvalue weighted by molar-refractivity contribution is -0.154. The Balaban J connectivity index is 1.72. The van der Waals surface area contributed by atoms with Crippen molar-refractivity contribution in [2.45, 2.75) is 19.8 Å². The molecule has 3 amide bonds. The topological polar surface area (TPSA) is 74.8 Å². The van der Waals surface area contributed by atoms with Crippen LogP contribution < -0.4 is 0 Å². The first kappa shape index (κ1) is 23.7. The predicted octanol–water partition coefficient (Wildman–Crippen LogP) is 5.34. The Morgan fingerprint density at radius 3 is 2.39 bits per heavy atom. The molecule has 0 radical (unpaired) electrons. The summed E-state index contributed by atoms with van der Waals surface area (Å²) in [6, 6.07) is 10.9. The maximum Gasteiger partial charge on any atom is 0.274 e. The van der Waals surface area contributed by atoms with E-state index in [4.69, 9.17) is 23.2 Å². The van der Waals surface area contributed by atoms with E-state index in [1.54, 1.807) is 24.3 Å². The van der Waals surface area contributed by atoms with Crippen molar-refractivity contribution in [2.75, 3.05) is 6.54 Å². The van der Waals surface area contributed by atoms with Gasteiger partial charge in [-0.25, -0.2) is 5.01 Å². The summed E-state index contributed by atoms with van der Waals surface area (Å²) < 4.78 is 0.789. The lowest BCUT2D eigenvalue weighted by atomic mass is 9.82. The van der Waals surface area contributed by atoms with Crippen LogP contribution in [0.1, 0.15) is 40.5 Å². The smallest absolute Gasteiger partial charge is 0.274 e. The Bertz CT molecular complexity index is 1200. The van der Waals surface area contributed by atoms with Gasteiger partial charge in [-0.1, -0.05) is 62.9 Å². The molecule has 1 aliphatic heterocycles. The molecule has 0 bridgehead atoms. The van der Waals surface area contributed by atoms with E-state index < -0.39 is 41.9 Å². The highest BCUT2D eigenvalue weighted by atomic mass is 79.9. The van der Waals surface area contributed by atoms with Gasteiger partial charge < -0.3 is 0 Å². The fourth-order valence-corrected chi connectivity index (χ4v) is 4.91. The number of Topliss-reactive ketones (excluding diaryl/α,β-unsaturated/α-hetero) is 1. The summed E-state index contributed by atoms with van der Waals surface area (Å²) in [6.45, 7) is 1.41. The predicted molar refractivity (Wildman–Crippen MR) is 128 cm³/mol. The lowest BCUT2D eigenvalue weighted by Crippen LogP contribution is -2.52. The number of amides is 3. The maximum absolute atomic E-state index is 13.5. The van der Waals surface area contributed by atoms with Crippen LogP contribution in [0.25, 0.3) is 0 Å². The number of rotatable bonds is 5. The lowest BCUT2D eigenvalue weighted by Gasteiger charge is -2.30. The molecule has 4 rings (SSSR count). The van der Waals surface area contributed by atoms with Crippen molar-refractivity contribution >= 4 is 62.6 Å². The number of hydrazine groups is 1. The Morgan fingerprint density at radius 2 is 1.73 bits per heavy atom. The molecule has 2 aromatic carbocycles. The second-order valence-corrected chi connectivity index (χ2v) is 9.87. The molecule has 0 N–H and O–H groups in total. The molecule has 6 nitrogen and oxygen atoms in total. The molecule has 0 saturated carbocycles. The number of carbonyl (C=O) groups excluding carboxylic acids is 4. The minimum absolute atomic E-state index is 0.0365. The minimum atomic E-state index is -0.729. The van der Waals surface area contributed by atoms with Gasteiger partial charge in [0.1, 0.15) is 6.54 Å². The zero-order valence-electron chi connectivity index (χ0n) is 17.6. The minimum Gasteiger partial charge on any atom is -0.292 e. The maximum atomic E-state index is 13.5. The molecule has 170 valence electrons. The second-order valence-electron chi connectivity index (χ2n) is 8.11. The van der Waals surface area contributed by atoms with Crippen LogP contribution in [0.4, 0.5) is 0 Å². The summed E-state index contributed by atoms with van der Waals surface area (Å²) in [7, 11) is 0. The Labute approximate surface area is 209 Å². The molecule has 2 aliphatic rings. The summed E-state index contributed by atoms with van der Waals surface area (Å²) in [5.74, 6) is -3.24. The summed E-state index contributed by atoms with van der Waals surface area (Å²) in [5.41, 5.74) is 1.39. The van der Waals surface area contributed by atoms with Gasteiger partial charge in [0, 0.05) is 15.1 Å². The van der Waals surface area contributed by atoms with Crippen molar-refractivity contribution in [3.8, 4) is 0 Å². The van der Waals surface area contributed by atoms with Crippen molar-refractivity contribution < 1.29 is 19.2 Å². The number of allylic oxidation sites excluding steroid dienone is 2. The van der Waals surface area contributed by atoms with Crippen LogP contribution in [0.5, 0.6) is 0 Å². The van der Waals surface area contributed by atoms with E-state index in [1.807, 2.05) is 13.0 Å². The molecule has 1 aliphatic carbocycles. The third-order valence-electron chi connectivity index (χ3n) is 5.90. The SMILES string of the molecule is CC1=CC[C@@H]2C(=O)N(N(CC(=O)c3ccc(Br)cc3)C(=O)c3ccc(Cl)cc3Cl)C(=O)[C@H]2C1. The van der Waals surface area contributed by atoms with Crippen LogP contribution in [-0.4, -0.2) is 40.1 Å². The van der Waals surface area contributed by atoms with Crippen LogP contribution in [0, 0.1) is 11.8 Å².